The number of aromatic nitrogens is 2. The summed E-state index contributed by atoms with van der Waals surface area (Å²) in [5.74, 6) is 1.23. The van der Waals surface area contributed by atoms with Gasteiger partial charge in [-0.25, -0.2) is 9.97 Å². The predicted molar refractivity (Wildman–Crippen MR) is 79.6 cm³/mol. The summed E-state index contributed by atoms with van der Waals surface area (Å²) >= 11 is 0. The van der Waals surface area contributed by atoms with E-state index in [1.165, 1.54) is 0 Å². The number of nitrogens with zero attached hydrogens (tertiary/aromatic N) is 3. The van der Waals surface area contributed by atoms with Gasteiger partial charge in [0.1, 0.15) is 12.1 Å². The molecule has 20 heavy (non-hydrogen) atoms. The number of anilines is 1. The van der Waals surface area contributed by atoms with Crippen LogP contribution < -0.4 is 5.32 Å². The van der Waals surface area contributed by atoms with E-state index < -0.39 is 0 Å². The van der Waals surface area contributed by atoms with Crippen LogP contribution in [0.15, 0.2) is 12.4 Å². The Labute approximate surface area is 120 Å². The van der Waals surface area contributed by atoms with Crippen molar-refractivity contribution in [3.05, 3.63) is 18.1 Å². The van der Waals surface area contributed by atoms with Crippen molar-refractivity contribution < 1.29 is 4.79 Å². The second-order valence-electron chi connectivity index (χ2n) is 6.78. The molecule has 1 aromatic rings. The molecule has 1 amide bonds. The van der Waals surface area contributed by atoms with Crippen LogP contribution in [0.2, 0.25) is 0 Å². The SMILES string of the molecule is CN(C)C(=O)[C@H]1C[C@@H](Nc2cc(C(C)(C)C)ncn2)C1. The Morgan fingerprint density at radius 3 is 2.50 bits per heavy atom. The fraction of sp³-hybridized carbons (Fsp3) is 0.667. The largest absolute Gasteiger partial charge is 0.367 e. The van der Waals surface area contributed by atoms with Crippen LogP contribution in [0, 0.1) is 5.92 Å². The molecule has 1 fully saturated rings. The number of amides is 1. The maximum atomic E-state index is 11.8. The number of rotatable bonds is 3. The molecule has 1 N–H and O–H groups in total. The lowest BCUT2D eigenvalue weighted by Gasteiger charge is -2.36. The van der Waals surface area contributed by atoms with Crippen molar-refractivity contribution in [1.82, 2.24) is 14.9 Å². The molecule has 0 aromatic carbocycles. The van der Waals surface area contributed by atoms with Gasteiger partial charge >= 0.3 is 0 Å². The fourth-order valence-electron chi connectivity index (χ4n) is 2.36. The van der Waals surface area contributed by atoms with Crippen molar-refractivity contribution in [2.45, 2.75) is 45.1 Å². The molecule has 5 heteroatoms. The Hall–Kier alpha value is -1.65. The van der Waals surface area contributed by atoms with E-state index in [0.29, 0.717) is 6.04 Å². The van der Waals surface area contributed by atoms with Gasteiger partial charge in [-0.3, -0.25) is 4.79 Å². The first-order valence-corrected chi connectivity index (χ1v) is 7.07. The Bertz CT molecular complexity index is 487. The molecule has 0 aliphatic heterocycles. The maximum Gasteiger partial charge on any atom is 0.225 e. The van der Waals surface area contributed by atoms with Crippen LogP contribution in [-0.2, 0) is 10.2 Å². The molecular weight excluding hydrogens is 252 g/mol. The lowest BCUT2D eigenvalue weighted by molar-refractivity contribution is -0.135. The summed E-state index contributed by atoms with van der Waals surface area (Å²) in [6, 6.07) is 2.34. The fourth-order valence-corrected chi connectivity index (χ4v) is 2.36. The zero-order chi connectivity index (χ0) is 14.9. The van der Waals surface area contributed by atoms with Crippen LogP contribution in [-0.4, -0.2) is 40.9 Å². The van der Waals surface area contributed by atoms with Gasteiger partial charge in [0.15, 0.2) is 0 Å². The summed E-state index contributed by atoms with van der Waals surface area (Å²) in [6.07, 6.45) is 3.36. The first kappa shape index (κ1) is 14.8. The first-order valence-electron chi connectivity index (χ1n) is 7.07. The normalized spacial score (nSPS) is 22.1. The maximum absolute atomic E-state index is 11.8. The van der Waals surface area contributed by atoms with Crippen LogP contribution in [0.1, 0.15) is 39.3 Å². The number of hydrogen-bond acceptors (Lipinski definition) is 4. The number of carbonyl (C=O) groups excluding carboxylic acids is 1. The van der Waals surface area contributed by atoms with Gasteiger partial charge in [0.05, 0.1) is 5.69 Å². The van der Waals surface area contributed by atoms with E-state index in [1.54, 1.807) is 11.2 Å². The van der Waals surface area contributed by atoms with Crippen LogP contribution in [0.5, 0.6) is 0 Å². The van der Waals surface area contributed by atoms with E-state index in [-0.39, 0.29) is 17.2 Å². The molecule has 1 aliphatic carbocycles. The smallest absolute Gasteiger partial charge is 0.225 e. The van der Waals surface area contributed by atoms with E-state index in [1.807, 2.05) is 20.2 Å². The quantitative estimate of drug-likeness (QED) is 0.918. The van der Waals surface area contributed by atoms with Gasteiger partial charge in [-0.05, 0) is 12.8 Å². The molecule has 0 saturated heterocycles. The predicted octanol–water partition coefficient (Wildman–Crippen LogP) is 2.05. The Morgan fingerprint density at radius 1 is 1.30 bits per heavy atom. The molecule has 2 rings (SSSR count). The molecule has 0 atom stereocenters. The molecule has 0 spiro atoms. The van der Waals surface area contributed by atoms with Crippen LogP contribution in [0.4, 0.5) is 5.82 Å². The summed E-state index contributed by atoms with van der Waals surface area (Å²) in [6.45, 7) is 6.40. The third-order valence-corrected chi connectivity index (χ3v) is 3.72. The highest BCUT2D eigenvalue weighted by atomic mass is 16.2. The van der Waals surface area contributed by atoms with Gasteiger partial charge < -0.3 is 10.2 Å². The standard InChI is InChI=1S/C15H24N4O/c1-15(2,3)12-8-13(17-9-16-12)18-11-6-10(7-11)14(20)19(4)5/h8-11H,6-7H2,1-5H3,(H,16,17,18)/t10-,11+. The zero-order valence-corrected chi connectivity index (χ0v) is 13.0. The summed E-state index contributed by atoms with van der Waals surface area (Å²) in [5.41, 5.74) is 1.04. The van der Waals surface area contributed by atoms with Crippen LogP contribution in [0.3, 0.4) is 0 Å². The van der Waals surface area contributed by atoms with Crippen molar-refractivity contribution in [3.8, 4) is 0 Å². The minimum absolute atomic E-state index is 0.0163. The van der Waals surface area contributed by atoms with Gasteiger partial charge in [0.25, 0.3) is 0 Å². The number of carbonyl (C=O) groups is 1. The van der Waals surface area contributed by atoms with Crippen LogP contribution >= 0.6 is 0 Å². The van der Waals surface area contributed by atoms with Gasteiger partial charge in [-0.2, -0.15) is 0 Å². The second kappa shape index (κ2) is 5.38. The van der Waals surface area contributed by atoms with Crippen molar-refractivity contribution in [1.29, 1.82) is 0 Å². The lowest BCUT2D eigenvalue weighted by atomic mass is 9.79. The minimum atomic E-state index is 0.0163. The van der Waals surface area contributed by atoms with Crippen molar-refractivity contribution in [2.75, 3.05) is 19.4 Å². The summed E-state index contributed by atoms with van der Waals surface area (Å²) in [4.78, 5) is 22.0. The topological polar surface area (TPSA) is 58.1 Å². The van der Waals surface area contributed by atoms with E-state index in [4.69, 9.17) is 0 Å². The molecule has 0 radical (unpaired) electrons. The highest BCUT2D eigenvalue weighted by Gasteiger charge is 2.35. The highest BCUT2D eigenvalue weighted by Crippen LogP contribution is 2.31. The van der Waals surface area contributed by atoms with Crippen molar-refractivity contribution in [3.63, 3.8) is 0 Å². The average Bonchev–Trinajstić information content (AvgIpc) is 2.31. The lowest BCUT2D eigenvalue weighted by Crippen LogP contribution is -2.44. The minimum Gasteiger partial charge on any atom is -0.367 e. The first-order chi connectivity index (χ1) is 9.27. The molecule has 1 aromatic heterocycles. The molecule has 1 heterocycles. The molecule has 0 unspecified atom stereocenters. The molecular formula is C15H24N4O. The van der Waals surface area contributed by atoms with Crippen LogP contribution in [0.25, 0.3) is 0 Å². The van der Waals surface area contributed by atoms with Gasteiger partial charge in [-0.15, -0.1) is 0 Å². The van der Waals surface area contributed by atoms with E-state index in [0.717, 1.165) is 24.4 Å². The highest BCUT2D eigenvalue weighted by molar-refractivity contribution is 5.79. The zero-order valence-electron chi connectivity index (χ0n) is 13.0. The summed E-state index contributed by atoms with van der Waals surface area (Å²) in [5, 5.41) is 3.39. The van der Waals surface area contributed by atoms with E-state index in [2.05, 4.69) is 36.1 Å². The molecule has 5 nitrogen and oxygen atoms in total. The van der Waals surface area contributed by atoms with Gasteiger partial charge in [0.2, 0.25) is 5.91 Å². The number of nitrogens with one attached hydrogen (secondary N) is 1. The number of hydrogen-bond donors (Lipinski definition) is 1. The monoisotopic (exact) mass is 276 g/mol. The summed E-state index contributed by atoms with van der Waals surface area (Å²) < 4.78 is 0. The van der Waals surface area contributed by atoms with E-state index in [9.17, 15) is 4.79 Å². The van der Waals surface area contributed by atoms with Gasteiger partial charge in [-0.1, -0.05) is 20.8 Å². The molecule has 1 aliphatic rings. The molecule has 110 valence electrons. The Balaban J connectivity index is 1.92. The molecule has 1 saturated carbocycles. The van der Waals surface area contributed by atoms with E-state index >= 15 is 0 Å². The molecule has 0 bridgehead atoms. The van der Waals surface area contributed by atoms with Crippen molar-refractivity contribution >= 4 is 11.7 Å². The summed E-state index contributed by atoms with van der Waals surface area (Å²) in [7, 11) is 3.62. The Kier molecular flexibility index (Phi) is 3.97. The Morgan fingerprint density at radius 2 is 1.95 bits per heavy atom. The average molecular weight is 276 g/mol. The van der Waals surface area contributed by atoms with Crippen molar-refractivity contribution in [2.24, 2.45) is 5.92 Å². The third kappa shape index (κ3) is 3.26. The third-order valence-electron chi connectivity index (χ3n) is 3.72. The van der Waals surface area contributed by atoms with Gasteiger partial charge in [0, 0.05) is 37.5 Å². The second-order valence-corrected chi connectivity index (χ2v) is 6.78.